The summed E-state index contributed by atoms with van der Waals surface area (Å²) in [5.41, 5.74) is 2.22. The molecule has 0 saturated carbocycles. The Balaban J connectivity index is 1.46. The largest absolute Gasteiger partial charge is 0.495 e. The van der Waals surface area contributed by atoms with Crippen LogP contribution in [0.2, 0.25) is 0 Å². The summed E-state index contributed by atoms with van der Waals surface area (Å²) in [5, 5.41) is 10.4. The van der Waals surface area contributed by atoms with E-state index in [1.807, 2.05) is 48.5 Å². The van der Waals surface area contributed by atoms with Crippen molar-refractivity contribution < 1.29 is 14.6 Å². The Bertz CT molecular complexity index is 757. The average molecular weight is 383 g/mol. The molecule has 1 atom stereocenters. The van der Waals surface area contributed by atoms with E-state index in [-0.39, 0.29) is 0 Å². The minimum atomic E-state index is -0.519. The molecule has 2 aromatic carbocycles. The van der Waals surface area contributed by atoms with Gasteiger partial charge >= 0.3 is 0 Å². The number of allylic oxidation sites excluding steroid dienone is 1. The third kappa shape index (κ3) is 5.27. The summed E-state index contributed by atoms with van der Waals surface area (Å²) in [4.78, 5) is 4.62. The molecule has 1 aliphatic rings. The molecule has 150 valence electrons. The number of rotatable bonds is 9. The zero-order valence-corrected chi connectivity index (χ0v) is 16.6. The van der Waals surface area contributed by atoms with Crippen LogP contribution < -0.4 is 14.4 Å². The molecule has 1 fully saturated rings. The van der Waals surface area contributed by atoms with Gasteiger partial charge in [-0.05, 0) is 30.2 Å². The molecule has 28 heavy (non-hydrogen) atoms. The van der Waals surface area contributed by atoms with E-state index in [0.29, 0.717) is 13.2 Å². The summed E-state index contributed by atoms with van der Waals surface area (Å²) in [6, 6.07) is 16.0. The lowest BCUT2D eigenvalue weighted by atomic mass is 10.1. The molecule has 0 aliphatic carbocycles. The molecular formula is C23H30N2O3. The fourth-order valence-electron chi connectivity index (χ4n) is 3.57. The van der Waals surface area contributed by atoms with Crippen LogP contribution in [0.15, 0.2) is 61.2 Å². The highest BCUT2D eigenvalue weighted by Gasteiger charge is 2.21. The minimum absolute atomic E-state index is 0.293. The molecule has 0 aromatic heterocycles. The van der Waals surface area contributed by atoms with Gasteiger partial charge in [0, 0.05) is 32.7 Å². The second-order valence-electron chi connectivity index (χ2n) is 7.02. The highest BCUT2D eigenvalue weighted by Crippen LogP contribution is 2.28. The Morgan fingerprint density at radius 2 is 1.71 bits per heavy atom. The number of anilines is 1. The highest BCUT2D eigenvalue weighted by molar-refractivity contribution is 5.58. The van der Waals surface area contributed by atoms with Crippen LogP contribution in [0.4, 0.5) is 5.69 Å². The lowest BCUT2D eigenvalue weighted by molar-refractivity contribution is 0.0660. The molecule has 5 heteroatoms. The molecular weight excluding hydrogens is 352 g/mol. The van der Waals surface area contributed by atoms with E-state index in [2.05, 4.69) is 22.4 Å². The van der Waals surface area contributed by atoms with Gasteiger partial charge in [-0.25, -0.2) is 0 Å². The smallest absolute Gasteiger partial charge is 0.142 e. The summed E-state index contributed by atoms with van der Waals surface area (Å²) < 4.78 is 11.3. The Hall–Kier alpha value is -2.50. The Kier molecular flexibility index (Phi) is 7.34. The molecule has 2 aromatic rings. The van der Waals surface area contributed by atoms with E-state index < -0.39 is 6.10 Å². The maximum absolute atomic E-state index is 10.4. The van der Waals surface area contributed by atoms with E-state index in [9.17, 15) is 5.11 Å². The van der Waals surface area contributed by atoms with Crippen LogP contribution in [-0.2, 0) is 6.42 Å². The predicted molar refractivity (Wildman–Crippen MR) is 113 cm³/mol. The van der Waals surface area contributed by atoms with Gasteiger partial charge in [0.2, 0.25) is 0 Å². The number of aliphatic hydroxyl groups excluding tert-OH is 1. The summed E-state index contributed by atoms with van der Waals surface area (Å²) in [6.07, 6.45) is 2.10. The third-order valence-electron chi connectivity index (χ3n) is 5.04. The molecule has 0 radical (unpaired) electrons. The molecule has 5 nitrogen and oxygen atoms in total. The van der Waals surface area contributed by atoms with Gasteiger partial charge in [0.25, 0.3) is 0 Å². The Morgan fingerprint density at radius 3 is 2.43 bits per heavy atom. The fourth-order valence-corrected chi connectivity index (χ4v) is 3.57. The van der Waals surface area contributed by atoms with Crippen molar-refractivity contribution in [1.29, 1.82) is 0 Å². The van der Waals surface area contributed by atoms with Crippen LogP contribution in [-0.4, -0.2) is 62.6 Å². The number of β-amino-alcohol motifs (C(OH)–C–C–N with tert-alkyl or cyclic N) is 1. The zero-order chi connectivity index (χ0) is 19.8. The van der Waals surface area contributed by atoms with Crippen LogP contribution >= 0.6 is 0 Å². The summed E-state index contributed by atoms with van der Waals surface area (Å²) >= 11 is 0. The fraction of sp³-hybridized carbons (Fsp3) is 0.391. The van der Waals surface area contributed by atoms with Crippen molar-refractivity contribution in [3.8, 4) is 11.5 Å². The van der Waals surface area contributed by atoms with Crippen molar-refractivity contribution in [1.82, 2.24) is 4.90 Å². The number of piperazine rings is 1. The monoisotopic (exact) mass is 382 g/mol. The van der Waals surface area contributed by atoms with Gasteiger partial charge < -0.3 is 19.5 Å². The summed E-state index contributed by atoms with van der Waals surface area (Å²) in [6.45, 7) is 8.33. The third-order valence-corrected chi connectivity index (χ3v) is 5.04. The van der Waals surface area contributed by atoms with Crippen LogP contribution in [0.25, 0.3) is 0 Å². The van der Waals surface area contributed by atoms with Gasteiger partial charge in [0.05, 0.1) is 12.8 Å². The van der Waals surface area contributed by atoms with Gasteiger partial charge in [-0.1, -0.05) is 36.4 Å². The first-order valence-corrected chi connectivity index (χ1v) is 9.81. The number of aliphatic hydroxyl groups is 1. The lowest BCUT2D eigenvalue weighted by Crippen LogP contribution is -2.49. The van der Waals surface area contributed by atoms with Gasteiger partial charge in [0.15, 0.2) is 0 Å². The molecule has 1 saturated heterocycles. The molecule has 0 amide bonds. The number of nitrogens with zero attached hydrogens (tertiary/aromatic N) is 2. The topological polar surface area (TPSA) is 45.2 Å². The quantitative estimate of drug-likeness (QED) is 0.676. The van der Waals surface area contributed by atoms with Gasteiger partial charge in [-0.2, -0.15) is 0 Å². The number of para-hydroxylation sites is 3. The Labute approximate surface area is 167 Å². The van der Waals surface area contributed by atoms with E-state index >= 15 is 0 Å². The van der Waals surface area contributed by atoms with Gasteiger partial charge in [0.1, 0.15) is 24.2 Å². The Morgan fingerprint density at radius 1 is 1.04 bits per heavy atom. The second-order valence-corrected chi connectivity index (χ2v) is 7.02. The molecule has 1 aliphatic heterocycles. The lowest BCUT2D eigenvalue weighted by Gasteiger charge is -2.37. The van der Waals surface area contributed by atoms with E-state index in [1.54, 1.807) is 7.11 Å². The highest BCUT2D eigenvalue weighted by atomic mass is 16.5. The van der Waals surface area contributed by atoms with Crippen molar-refractivity contribution in [2.24, 2.45) is 0 Å². The van der Waals surface area contributed by atoms with E-state index in [4.69, 9.17) is 9.47 Å². The molecule has 0 spiro atoms. The maximum Gasteiger partial charge on any atom is 0.142 e. The van der Waals surface area contributed by atoms with Crippen molar-refractivity contribution in [3.63, 3.8) is 0 Å². The number of ether oxygens (including phenoxy) is 2. The summed E-state index contributed by atoms with van der Waals surface area (Å²) in [7, 11) is 1.71. The number of hydrogen-bond donors (Lipinski definition) is 1. The van der Waals surface area contributed by atoms with Gasteiger partial charge in [-0.3, -0.25) is 4.90 Å². The molecule has 1 heterocycles. The van der Waals surface area contributed by atoms with Crippen molar-refractivity contribution in [2.75, 3.05) is 51.3 Å². The maximum atomic E-state index is 10.4. The van der Waals surface area contributed by atoms with Crippen LogP contribution in [0.5, 0.6) is 11.5 Å². The summed E-state index contributed by atoms with van der Waals surface area (Å²) in [5.74, 6) is 1.73. The van der Waals surface area contributed by atoms with Crippen molar-refractivity contribution >= 4 is 5.69 Å². The van der Waals surface area contributed by atoms with E-state index in [1.165, 1.54) is 0 Å². The average Bonchev–Trinajstić information content (AvgIpc) is 2.74. The molecule has 0 bridgehead atoms. The normalized spacial score (nSPS) is 15.9. The molecule has 3 rings (SSSR count). The van der Waals surface area contributed by atoms with E-state index in [0.717, 1.165) is 55.3 Å². The van der Waals surface area contributed by atoms with Crippen molar-refractivity contribution in [3.05, 3.63) is 66.7 Å². The second kappa shape index (κ2) is 10.2. The van der Waals surface area contributed by atoms with Crippen molar-refractivity contribution in [2.45, 2.75) is 12.5 Å². The first-order chi connectivity index (χ1) is 13.7. The standard InChI is InChI=1S/C23H30N2O3/c1-3-8-19-9-4-6-11-22(19)28-18-20(26)17-24-13-15-25(16-14-24)21-10-5-7-12-23(21)27-2/h3-7,9-12,20,26H,1,8,13-18H2,2H3/t20-/m0/s1. The minimum Gasteiger partial charge on any atom is -0.495 e. The first-order valence-electron chi connectivity index (χ1n) is 9.81. The van der Waals surface area contributed by atoms with Crippen LogP contribution in [0.1, 0.15) is 5.56 Å². The number of methoxy groups -OCH3 is 1. The number of hydrogen-bond acceptors (Lipinski definition) is 5. The SMILES string of the molecule is C=CCc1ccccc1OC[C@@H](O)CN1CCN(c2ccccc2OC)CC1. The molecule has 1 N–H and O–H groups in total. The van der Waals surface area contributed by atoms with Crippen LogP contribution in [0, 0.1) is 0 Å². The first kappa shape index (κ1) is 20.2. The van der Waals surface area contributed by atoms with Crippen LogP contribution in [0.3, 0.4) is 0 Å². The number of benzene rings is 2. The molecule has 0 unspecified atom stereocenters. The predicted octanol–water partition coefficient (Wildman–Crippen LogP) is 2.99. The zero-order valence-electron chi connectivity index (χ0n) is 16.6. The van der Waals surface area contributed by atoms with Gasteiger partial charge in [-0.15, -0.1) is 6.58 Å².